The second kappa shape index (κ2) is 6.14. The molecule has 104 valence electrons. The number of nitrogens with one attached hydrogen (secondary N) is 1. The molecule has 1 saturated carbocycles. The second-order valence-electron chi connectivity index (χ2n) is 4.82. The van der Waals surface area contributed by atoms with Crippen LogP contribution in [-0.2, 0) is 4.79 Å². The zero-order valence-corrected chi connectivity index (χ0v) is 11.8. The fourth-order valence-corrected chi connectivity index (χ4v) is 2.92. The number of carbonyl (C=O) groups is 2. The lowest BCUT2D eigenvalue weighted by Crippen LogP contribution is -2.13. The van der Waals surface area contributed by atoms with Crippen LogP contribution in [0.2, 0.25) is 0 Å². The summed E-state index contributed by atoms with van der Waals surface area (Å²) in [6.07, 6.45) is 5.36. The molecule has 0 spiro atoms. The van der Waals surface area contributed by atoms with Crippen LogP contribution < -0.4 is 5.32 Å². The van der Waals surface area contributed by atoms with Crippen LogP contribution in [0.5, 0.6) is 0 Å². The van der Waals surface area contributed by atoms with E-state index in [1.54, 1.807) is 0 Å². The van der Waals surface area contributed by atoms with Gasteiger partial charge in [-0.2, -0.15) is 0 Å². The summed E-state index contributed by atoms with van der Waals surface area (Å²) in [7, 11) is 0. The number of anilines is 1. The van der Waals surface area contributed by atoms with Crippen LogP contribution in [0.1, 0.15) is 66.7 Å². The van der Waals surface area contributed by atoms with Gasteiger partial charge in [-0.1, -0.05) is 31.1 Å². The molecule has 5 nitrogen and oxygen atoms in total. The number of aromatic carboxylic acids is 1. The molecule has 1 fully saturated rings. The largest absolute Gasteiger partial charge is 0.477 e. The van der Waals surface area contributed by atoms with Gasteiger partial charge >= 0.3 is 5.97 Å². The third-order valence-corrected chi connectivity index (χ3v) is 4.32. The number of carbonyl (C=O) groups excluding carboxylic acids is 1. The predicted octanol–water partition coefficient (Wildman–Crippen LogP) is 3.24. The molecule has 1 aromatic rings. The molecule has 1 heterocycles. The fourth-order valence-electron chi connectivity index (χ4n) is 2.02. The molecule has 0 radical (unpaired) electrons. The first kappa shape index (κ1) is 14.0. The summed E-state index contributed by atoms with van der Waals surface area (Å²) in [5.41, 5.74) is 0.648. The summed E-state index contributed by atoms with van der Waals surface area (Å²) in [4.78, 5) is 27.4. The summed E-state index contributed by atoms with van der Waals surface area (Å²) < 4.78 is 0. The molecule has 0 atom stereocenters. The van der Waals surface area contributed by atoms with Gasteiger partial charge in [0.1, 0.15) is 4.88 Å². The van der Waals surface area contributed by atoms with Crippen LogP contribution in [0, 0.1) is 0 Å². The molecule has 0 bridgehead atoms. The van der Waals surface area contributed by atoms with Gasteiger partial charge in [0.25, 0.3) is 0 Å². The van der Waals surface area contributed by atoms with Crippen molar-refractivity contribution in [3.8, 4) is 0 Å². The van der Waals surface area contributed by atoms with Gasteiger partial charge in [-0.05, 0) is 19.3 Å². The standard InChI is InChI=1S/C13H18N2O3S/c1-2-3-7-9(16)14-13-15-10(8-5-4-6-8)11(19-13)12(17)18/h8H,2-7H2,1H3,(H,17,18)(H,14,15,16). The molecule has 2 N–H and O–H groups in total. The highest BCUT2D eigenvalue weighted by Crippen LogP contribution is 2.40. The topological polar surface area (TPSA) is 79.3 Å². The van der Waals surface area contributed by atoms with Gasteiger partial charge in [0.2, 0.25) is 5.91 Å². The minimum Gasteiger partial charge on any atom is -0.477 e. The van der Waals surface area contributed by atoms with E-state index in [-0.39, 0.29) is 16.7 Å². The van der Waals surface area contributed by atoms with Crippen molar-refractivity contribution in [2.45, 2.75) is 51.4 Å². The van der Waals surface area contributed by atoms with Gasteiger partial charge in [0.15, 0.2) is 5.13 Å². The van der Waals surface area contributed by atoms with Crippen LogP contribution in [0.4, 0.5) is 5.13 Å². The van der Waals surface area contributed by atoms with Crippen LogP contribution in [0.3, 0.4) is 0 Å². The van der Waals surface area contributed by atoms with E-state index in [1.807, 2.05) is 6.92 Å². The second-order valence-corrected chi connectivity index (χ2v) is 5.82. The normalized spacial score (nSPS) is 15.0. The van der Waals surface area contributed by atoms with E-state index in [9.17, 15) is 14.7 Å². The lowest BCUT2D eigenvalue weighted by molar-refractivity contribution is -0.116. The van der Waals surface area contributed by atoms with E-state index in [2.05, 4.69) is 10.3 Å². The van der Waals surface area contributed by atoms with E-state index < -0.39 is 5.97 Å². The van der Waals surface area contributed by atoms with E-state index in [4.69, 9.17) is 0 Å². The van der Waals surface area contributed by atoms with E-state index >= 15 is 0 Å². The van der Waals surface area contributed by atoms with Gasteiger partial charge in [0, 0.05) is 12.3 Å². The molecule has 1 amide bonds. The van der Waals surface area contributed by atoms with Crippen molar-refractivity contribution in [3.63, 3.8) is 0 Å². The molecule has 1 aromatic heterocycles. The lowest BCUT2D eigenvalue weighted by Gasteiger charge is -2.23. The molecule has 1 aliphatic rings. The van der Waals surface area contributed by atoms with Crippen LogP contribution in [0.15, 0.2) is 0 Å². The van der Waals surface area contributed by atoms with Crippen LogP contribution >= 0.6 is 11.3 Å². The third kappa shape index (κ3) is 3.32. The Morgan fingerprint density at radius 3 is 2.74 bits per heavy atom. The maximum atomic E-state index is 11.6. The highest BCUT2D eigenvalue weighted by atomic mass is 32.1. The van der Waals surface area contributed by atoms with Crippen molar-refractivity contribution >= 4 is 28.3 Å². The Morgan fingerprint density at radius 2 is 2.21 bits per heavy atom. The van der Waals surface area contributed by atoms with Crippen molar-refractivity contribution in [1.82, 2.24) is 4.98 Å². The Bertz CT molecular complexity index is 480. The Labute approximate surface area is 116 Å². The number of unbranched alkanes of at least 4 members (excludes halogenated alkanes) is 1. The van der Waals surface area contributed by atoms with Gasteiger partial charge in [-0.25, -0.2) is 9.78 Å². The van der Waals surface area contributed by atoms with Crippen molar-refractivity contribution < 1.29 is 14.7 Å². The summed E-state index contributed by atoms with van der Waals surface area (Å²) in [5.74, 6) is -0.787. The molecule has 0 saturated heterocycles. The third-order valence-electron chi connectivity index (χ3n) is 3.34. The van der Waals surface area contributed by atoms with Gasteiger partial charge in [-0.15, -0.1) is 0 Å². The Morgan fingerprint density at radius 1 is 1.47 bits per heavy atom. The van der Waals surface area contributed by atoms with Crippen molar-refractivity contribution in [1.29, 1.82) is 0 Å². The molecule has 2 rings (SSSR count). The number of amides is 1. The van der Waals surface area contributed by atoms with Gasteiger partial charge in [0.05, 0.1) is 5.69 Å². The first-order valence-corrected chi connectivity index (χ1v) is 7.47. The fraction of sp³-hybridized carbons (Fsp3) is 0.615. The van der Waals surface area contributed by atoms with E-state index in [0.717, 1.165) is 43.4 Å². The van der Waals surface area contributed by atoms with Gasteiger partial charge < -0.3 is 10.4 Å². The maximum Gasteiger partial charge on any atom is 0.347 e. The zero-order valence-electron chi connectivity index (χ0n) is 10.9. The molecular formula is C13H18N2O3S. The summed E-state index contributed by atoms with van der Waals surface area (Å²) in [5, 5.41) is 12.3. The molecule has 0 unspecified atom stereocenters. The van der Waals surface area contributed by atoms with Crippen molar-refractivity contribution in [2.75, 3.05) is 5.32 Å². The van der Waals surface area contributed by atoms with E-state index in [1.165, 1.54) is 0 Å². The average Bonchev–Trinajstić information content (AvgIpc) is 2.68. The number of aromatic nitrogens is 1. The number of nitrogens with zero attached hydrogens (tertiary/aromatic N) is 1. The minimum absolute atomic E-state index is 0.0901. The lowest BCUT2D eigenvalue weighted by atomic mass is 9.82. The Kier molecular flexibility index (Phi) is 4.52. The SMILES string of the molecule is CCCCC(=O)Nc1nc(C2CCC2)c(C(=O)O)s1. The number of carboxylic acid groups (broad SMARTS) is 1. The average molecular weight is 282 g/mol. The predicted molar refractivity (Wildman–Crippen MR) is 73.8 cm³/mol. The van der Waals surface area contributed by atoms with E-state index in [0.29, 0.717) is 17.2 Å². The maximum absolute atomic E-state index is 11.6. The van der Waals surface area contributed by atoms with Crippen LogP contribution in [-0.4, -0.2) is 22.0 Å². The summed E-state index contributed by atoms with van der Waals surface area (Å²) >= 11 is 1.06. The van der Waals surface area contributed by atoms with Crippen molar-refractivity contribution in [2.24, 2.45) is 0 Å². The molecular weight excluding hydrogens is 264 g/mol. The molecule has 0 aromatic carbocycles. The quantitative estimate of drug-likeness (QED) is 0.839. The monoisotopic (exact) mass is 282 g/mol. The first-order valence-electron chi connectivity index (χ1n) is 6.65. The highest BCUT2D eigenvalue weighted by molar-refractivity contribution is 7.17. The summed E-state index contributed by atoms with van der Waals surface area (Å²) in [6, 6.07) is 0. The molecule has 0 aliphatic heterocycles. The first-order chi connectivity index (χ1) is 9.11. The molecule has 1 aliphatic carbocycles. The number of thiazole rings is 1. The minimum atomic E-state index is -0.951. The molecule has 6 heteroatoms. The van der Waals surface area contributed by atoms with Crippen molar-refractivity contribution in [3.05, 3.63) is 10.6 Å². The van der Waals surface area contributed by atoms with Gasteiger partial charge in [-0.3, -0.25) is 4.79 Å². The number of rotatable bonds is 6. The number of hydrogen-bond donors (Lipinski definition) is 2. The molecule has 19 heavy (non-hydrogen) atoms. The smallest absolute Gasteiger partial charge is 0.347 e. The Balaban J connectivity index is 2.09. The Hall–Kier alpha value is -1.43. The summed E-state index contributed by atoms with van der Waals surface area (Å²) in [6.45, 7) is 2.02. The highest BCUT2D eigenvalue weighted by Gasteiger charge is 2.29. The van der Waals surface area contributed by atoms with Crippen LogP contribution in [0.25, 0.3) is 0 Å². The number of carboxylic acids is 1. The number of hydrogen-bond acceptors (Lipinski definition) is 4. The zero-order chi connectivity index (χ0) is 13.8.